The van der Waals surface area contributed by atoms with Crippen molar-refractivity contribution < 1.29 is 14.1 Å². The Morgan fingerprint density at radius 3 is 2.52 bits per heavy atom. The van der Waals surface area contributed by atoms with E-state index in [1.807, 2.05) is 34.9 Å². The number of carbonyl (C=O) groups excluding carboxylic acids is 2. The Kier molecular flexibility index (Phi) is 6.72. The third-order valence-electron chi connectivity index (χ3n) is 6.11. The molecule has 1 aliphatic carbocycles. The normalized spacial score (nSPS) is 14.1. The van der Waals surface area contributed by atoms with Crippen LogP contribution in [0, 0.1) is 0 Å². The molecule has 33 heavy (non-hydrogen) atoms. The lowest BCUT2D eigenvalue weighted by Crippen LogP contribution is -2.36. The van der Waals surface area contributed by atoms with Crippen LogP contribution in [-0.4, -0.2) is 40.5 Å². The van der Waals surface area contributed by atoms with Gasteiger partial charge in [-0.2, -0.15) is 0 Å². The van der Waals surface area contributed by atoms with Gasteiger partial charge in [0.15, 0.2) is 5.76 Å². The molecule has 2 amide bonds. The maximum absolute atomic E-state index is 13.3. The van der Waals surface area contributed by atoms with Gasteiger partial charge in [-0.05, 0) is 12.8 Å². The SMILES string of the molecule is CNC(=O)c1cn(C2CCCCC2)cc(C(=O)N(C)Cc2cc(-c3ccccc3)on2)c1=O. The molecule has 8 nitrogen and oxygen atoms in total. The summed E-state index contributed by atoms with van der Waals surface area (Å²) in [5.74, 6) is -0.349. The van der Waals surface area contributed by atoms with Gasteiger partial charge < -0.3 is 19.3 Å². The molecule has 0 radical (unpaired) electrons. The third-order valence-corrected chi connectivity index (χ3v) is 6.11. The van der Waals surface area contributed by atoms with Gasteiger partial charge in [0.2, 0.25) is 5.43 Å². The highest BCUT2D eigenvalue weighted by Gasteiger charge is 2.24. The van der Waals surface area contributed by atoms with E-state index in [-0.39, 0.29) is 23.7 Å². The van der Waals surface area contributed by atoms with Crippen molar-refractivity contribution in [2.75, 3.05) is 14.1 Å². The van der Waals surface area contributed by atoms with Crippen LogP contribution in [0.3, 0.4) is 0 Å². The van der Waals surface area contributed by atoms with Crippen molar-refractivity contribution in [3.05, 3.63) is 75.8 Å². The van der Waals surface area contributed by atoms with E-state index >= 15 is 0 Å². The van der Waals surface area contributed by atoms with E-state index in [0.29, 0.717) is 11.5 Å². The Morgan fingerprint density at radius 2 is 1.82 bits per heavy atom. The minimum atomic E-state index is -0.566. The summed E-state index contributed by atoms with van der Waals surface area (Å²) in [5.41, 5.74) is 0.855. The molecule has 0 atom stereocenters. The molecule has 0 unspecified atom stereocenters. The number of carbonyl (C=O) groups is 2. The van der Waals surface area contributed by atoms with Gasteiger partial charge in [-0.1, -0.05) is 54.8 Å². The van der Waals surface area contributed by atoms with Gasteiger partial charge in [0, 0.05) is 44.2 Å². The van der Waals surface area contributed by atoms with Crippen LogP contribution in [0.5, 0.6) is 0 Å². The van der Waals surface area contributed by atoms with Crippen molar-refractivity contribution in [3.8, 4) is 11.3 Å². The number of pyridine rings is 1. The Balaban J connectivity index is 1.60. The first-order valence-corrected chi connectivity index (χ1v) is 11.2. The minimum Gasteiger partial charge on any atom is -0.356 e. The van der Waals surface area contributed by atoms with Crippen molar-refractivity contribution in [1.29, 1.82) is 0 Å². The van der Waals surface area contributed by atoms with E-state index in [2.05, 4.69) is 10.5 Å². The topological polar surface area (TPSA) is 97.4 Å². The number of nitrogens with one attached hydrogen (secondary N) is 1. The fourth-order valence-corrected chi connectivity index (χ4v) is 4.28. The maximum atomic E-state index is 13.3. The zero-order valence-corrected chi connectivity index (χ0v) is 18.9. The molecule has 0 bridgehead atoms. The van der Waals surface area contributed by atoms with E-state index in [1.165, 1.54) is 18.4 Å². The molecule has 1 fully saturated rings. The maximum Gasteiger partial charge on any atom is 0.259 e. The third kappa shape index (κ3) is 4.89. The van der Waals surface area contributed by atoms with Crippen LogP contribution < -0.4 is 10.7 Å². The van der Waals surface area contributed by atoms with E-state index in [1.54, 1.807) is 25.5 Å². The second-order valence-corrected chi connectivity index (χ2v) is 8.44. The van der Waals surface area contributed by atoms with Crippen LogP contribution in [0.15, 0.2) is 58.1 Å². The summed E-state index contributed by atoms with van der Waals surface area (Å²) in [5, 5.41) is 6.57. The Labute approximate surface area is 192 Å². The molecular weight excluding hydrogens is 420 g/mol. The highest BCUT2D eigenvalue weighted by molar-refractivity contribution is 5.99. The van der Waals surface area contributed by atoms with Gasteiger partial charge in [-0.15, -0.1) is 0 Å². The highest BCUT2D eigenvalue weighted by atomic mass is 16.5. The van der Waals surface area contributed by atoms with Crippen LogP contribution in [0.25, 0.3) is 11.3 Å². The Morgan fingerprint density at radius 1 is 1.12 bits per heavy atom. The lowest BCUT2D eigenvalue weighted by molar-refractivity contribution is 0.0779. The van der Waals surface area contributed by atoms with Crippen LogP contribution >= 0.6 is 0 Å². The molecule has 172 valence electrons. The van der Waals surface area contributed by atoms with E-state index in [9.17, 15) is 14.4 Å². The van der Waals surface area contributed by atoms with Gasteiger partial charge in [-0.3, -0.25) is 14.4 Å². The van der Waals surface area contributed by atoms with Gasteiger partial charge in [0.25, 0.3) is 11.8 Å². The van der Waals surface area contributed by atoms with Crippen LogP contribution in [-0.2, 0) is 6.54 Å². The summed E-state index contributed by atoms with van der Waals surface area (Å²) in [7, 11) is 3.08. The van der Waals surface area contributed by atoms with Gasteiger partial charge in [0.1, 0.15) is 16.8 Å². The first-order chi connectivity index (χ1) is 16.0. The van der Waals surface area contributed by atoms with Crippen LogP contribution in [0.1, 0.15) is 64.6 Å². The lowest BCUT2D eigenvalue weighted by atomic mass is 9.95. The summed E-state index contributed by atoms with van der Waals surface area (Å²) in [6.07, 6.45) is 8.45. The Bertz CT molecular complexity index is 1190. The molecule has 1 aliphatic rings. The van der Waals surface area contributed by atoms with Crippen molar-refractivity contribution in [2.45, 2.75) is 44.7 Å². The first kappa shape index (κ1) is 22.5. The second-order valence-electron chi connectivity index (χ2n) is 8.44. The Hall–Kier alpha value is -3.68. The summed E-state index contributed by atoms with van der Waals surface area (Å²) in [6.45, 7) is 0.169. The number of hydrogen-bond acceptors (Lipinski definition) is 5. The number of nitrogens with zero attached hydrogens (tertiary/aromatic N) is 3. The number of benzene rings is 1. The minimum absolute atomic E-state index is 0.0176. The van der Waals surface area contributed by atoms with Crippen molar-refractivity contribution in [1.82, 2.24) is 19.9 Å². The molecule has 2 heterocycles. The summed E-state index contributed by atoms with van der Waals surface area (Å²) in [6, 6.07) is 11.5. The second kappa shape index (κ2) is 9.85. The zero-order valence-electron chi connectivity index (χ0n) is 18.9. The van der Waals surface area contributed by atoms with Crippen molar-refractivity contribution in [2.24, 2.45) is 0 Å². The molecule has 4 rings (SSSR count). The number of aromatic nitrogens is 2. The molecule has 2 aromatic heterocycles. The van der Waals surface area contributed by atoms with E-state index in [0.717, 1.165) is 31.2 Å². The van der Waals surface area contributed by atoms with Gasteiger partial charge >= 0.3 is 0 Å². The van der Waals surface area contributed by atoms with Gasteiger partial charge in [-0.25, -0.2) is 0 Å². The molecular formula is C25H28N4O4. The van der Waals surface area contributed by atoms with Crippen LogP contribution in [0.2, 0.25) is 0 Å². The predicted octanol–water partition coefficient (Wildman–Crippen LogP) is 3.64. The summed E-state index contributed by atoms with van der Waals surface area (Å²) in [4.78, 5) is 40.1. The lowest BCUT2D eigenvalue weighted by Gasteiger charge is -2.26. The van der Waals surface area contributed by atoms with Crippen molar-refractivity contribution >= 4 is 11.8 Å². The molecule has 0 spiro atoms. The monoisotopic (exact) mass is 448 g/mol. The van der Waals surface area contributed by atoms with E-state index < -0.39 is 17.2 Å². The summed E-state index contributed by atoms with van der Waals surface area (Å²) >= 11 is 0. The van der Waals surface area contributed by atoms with Crippen molar-refractivity contribution in [3.63, 3.8) is 0 Å². The number of hydrogen-bond donors (Lipinski definition) is 1. The molecule has 1 saturated carbocycles. The first-order valence-electron chi connectivity index (χ1n) is 11.2. The fraction of sp³-hybridized carbons (Fsp3) is 0.360. The zero-order chi connectivity index (χ0) is 23.4. The summed E-state index contributed by atoms with van der Waals surface area (Å²) < 4.78 is 7.29. The largest absolute Gasteiger partial charge is 0.356 e. The quantitative estimate of drug-likeness (QED) is 0.621. The molecule has 0 saturated heterocycles. The van der Waals surface area contributed by atoms with E-state index in [4.69, 9.17) is 4.52 Å². The average Bonchev–Trinajstić information content (AvgIpc) is 3.32. The molecule has 8 heteroatoms. The molecule has 1 aromatic carbocycles. The van der Waals surface area contributed by atoms with Crippen LogP contribution in [0.4, 0.5) is 0 Å². The highest BCUT2D eigenvalue weighted by Crippen LogP contribution is 2.28. The standard InChI is InChI=1S/C25H28N4O4/c1-26-24(31)20-15-29(19-11-7-4-8-12-19)16-21(23(20)30)25(32)28(2)14-18-13-22(33-27-18)17-9-5-3-6-10-17/h3,5-6,9-10,13,15-16,19H,4,7-8,11-12,14H2,1-2H3,(H,26,31). The molecule has 3 aromatic rings. The molecule has 0 aliphatic heterocycles. The van der Waals surface area contributed by atoms with Gasteiger partial charge in [0.05, 0.1) is 6.54 Å². The predicted molar refractivity (Wildman–Crippen MR) is 124 cm³/mol. The fourth-order valence-electron chi connectivity index (χ4n) is 4.28. The number of rotatable bonds is 6. The smallest absolute Gasteiger partial charge is 0.259 e. The molecule has 1 N–H and O–H groups in total. The number of amides is 2. The average molecular weight is 449 g/mol.